The van der Waals surface area contributed by atoms with Crippen LogP contribution < -0.4 is 10.2 Å². The Bertz CT molecular complexity index is 407. The molecular weight excluding hydrogens is 345 g/mol. The van der Waals surface area contributed by atoms with E-state index in [0.29, 0.717) is 0 Å². The van der Waals surface area contributed by atoms with Gasteiger partial charge in [-0.3, -0.25) is 4.90 Å². The zero-order chi connectivity index (χ0) is 15.6. The molecule has 2 rings (SSSR count). The van der Waals surface area contributed by atoms with Crippen LogP contribution >= 0.6 is 24.8 Å². The van der Waals surface area contributed by atoms with Crippen LogP contribution in [0.1, 0.15) is 25.8 Å². The van der Waals surface area contributed by atoms with Gasteiger partial charge in [-0.15, -0.1) is 24.8 Å². The first kappa shape index (κ1) is 23.5. The maximum atomic E-state index is 5.37. The van der Waals surface area contributed by atoms with Crippen molar-refractivity contribution in [2.75, 3.05) is 57.4 Å². The second-order valence-electron chi connectivity index (χ2n) is 5.82. The molecule has 0 aromatic heterocycles. The number of morpholine rings is 1. The van der Waals surface area contributed by atoms with Crippen LogP contribution in [0.4, 0.5) is 5.69 Å². The number of benzene rings is 1. The summed E-state index contributed by atoms with van der Waals surface area (Å²) in [7, 11) is 0. The Balaban J connectivity index is 0.00000264. The average molecular weight is 378 g/mol. The highest BCUT2D eigenvalue weighted by molar-refractivity contribution is 5.85. The molecule has 1 aliphatic rings. The first-order valence-corrected chi connectivity index (χ1v) is 8.68. The smallest absolute Gasteiger partial charge is 0.0594 e. The highest BCUT2D eigenvalue weighted by Gasteiger charge is 2.08. The molecule has 0 atom stereocenters. The molecule has 0 radical (unpaired) electrons. The third-order valence-electron chi connectivity index (χ3n) is 4.33. The molecule has 1 N–H and O–H groups in total. The Labute approximate surface area is 159 Å². The summed E-state index contributed by atoms with van der Waals surface area (Å²) in [6.45, 7) is 13.7. The lowest BCUT2D eigenvalue weighted by Gasteiger charge is -2.26. The van der Waals surface area contributed by atoms with Crippen LogP contribution in [0.5, 0.6) is 0 Å². The first-order chi connectivity index (χ1) is 10.8. The fraction of sp³-hybridized carbons (Fsp3) is 0.667. The van der Waals surface area contributed by atoms with Crippen molar-refractivity contribution in [1.82, 2.24) is 10.2 Å². The molecule has 1 aromatic carbocycles. The van der Waals surface area contributed by atoms with Gasteiger partial charge in [-0.05, 0) is 51.1 Å². The van der Waals surface area contributed by atoms with E-state index in [4.69, 9.17) is 4.74 Å². The summed E-state index contributed by atoms with van der Waals surface area (Å²) in [5, 5.41) is 3.55. The third kappa shape index (κ3) is 8.04. The summed E-state index contributed by atoms with van der Waals surface area (Å²) in [6, 6.07) is 8.95. The van der Waals surface area contributed by atoms with Gasteiger partial charge in [-0.25, -0.2) is 0 Å². The number of halogens is 2. The molecule has 0 bridgehead atoms. The molecule has 1 fully saturated rings. The van der Waals surface area contributed by atoms with Crippen LogP contribution in [0.25, 0.3) is 0 Å². The summed E-state index contributed by atoms with van der Waals surface area (Å²) >= 11 is 0. The van der Waals surface area contributed by atoms with E-state index in [-0.39, 0.29) is 24.8 Å². The lowest BCUT2D eigenvalue weighted by molar-refractivity contribution is 0.0374. The number of rotatable bonds is 9. The van der Waals surface area contributed by atoms with Gasteiger partial charge in [0.15, 0.2) is 0 Å². The molecule has 6 heteroatoms. The lowest BCUT2D eigenvalue weighted by atomic mass is 10.2. The summed E-state index contributed by atoms with van der Waals surface area (Å²) in [5.74, 6) is 0. The quantitative estimate of drug-likeness (QED) is 0.668. The number of nitrogens with one attached hydrogen (secondary N) is 1. The molecule has 0 amide bonds. The Kier molecular flexibility index (Phi) is 13.4. The summed E-state index contributed by atoms with van der Waals surface area (Å²) < 4.78 is 5.37. The van der Waals surface area contributed by atoms with Crippen LogP contribution in [-0.4, -0.2) is 57.4 Å². The van der Waals surface area contributed by atoms with Crippen LogP contribution in [0.3, 0.4) is 0 Å². The Hall–Kier alpha value is -0.520. The van der Waals surface area contributed by atoms with Gasteiger partial charge in [-0.1, -0.05) is 12.1 Å². The Morgan fingerprint density at radius 1 is 1.04 bits per heavy atom. The molecule has 24 heavy (non-hydrogen) atoms. The number of hydrogen-bond donors (Lipinski definition) is 1. The van der Waals surface area contributed by atoms with Crippen molar-refractivity contribution >= 4 is 30.5 Å². The molecule has 140 valence electrons. The SMILES string of the molecule is CCN(CC)c1ccc(CNCCCN2CCOCC2)cc1.Cl.Cl. The number of anilines is 1. The largest absolute Gasteiger partial charge is 0.379 e. The van der Waals surface area contributed by atoms with Crippen molar-refractivity contribution < 1.29 is 4.74 Å². The second-order valence-corrected chi connectivity index (χ2v) is 5.82. The Morgan fingerprint density at radius 2 is 1.67 bits per heavy atom. The standard InChI is InChI=1S/C18H31N3O.2ClH/c1-3-21(4-2)18-8-6-17(7-9-18)16-19-10-5-11-20-12-14-22-15-13-20;;/h6-9,19H,3-5,10-16H2,1-2H3;2*1H. The van der Waals surface area contributed by atoms with Crippen molar-refractivity contribution in [3.63, 3.8) is 0 Å². The van der Waals surface area contributed by atoms with E-state index in [0.717, 1.165) is 52.5 Å². The zero-order valence-electron chi connectivity index (χ0n) is 15.0. The average Bonchev–Trinajstić information content (AvgIpc) is 2.58. The van der Waals surface area contributed by atoms with Gasteiger partial charge in [-0.2, -0.15) is 0 Å². The summed E-state index contributed by atoms with van der Waals surface area (Å²) in [5.41, 5.74) is 2.68. The van der Waals surface area contributed by atoms with Gasteiger partial charge in [0.1, 0.15) is 0 Å². The van der Waals surface area contributed by atoms with Crippen LogP contribution in [-0.2, 0) is 11.3 Å². The molecular formula is C18H33Cl2N3O. The number of hydrogen-bond acceptors (Lipinski definition) is 4. The molecule has 4 nitrogen and oxygen atoms in total. The van der Waals surface area contributed by atoms with Crippen molar-refractivity contribution in [2.45, 2.75) is 26.8 Å². The van der Waals surface area contributed by atoms with E-state index in [1.165, 1.54) is 24.2 Å². The van der Waals surface area contributed by atoms with Crippen LogP contribution in [0.2, 0.25) is 0 Å². The monoisotopic (exact) mass is 377 g/mol. The topological polar surface area (TPSA) is 27.7 Å². The predicted molar refractivity (Wildman–Crippen MR) is 108 cm³/mol. The molecule has 1 aliphatic heterocycles. The maximum absolute atomic E-state index is 5.37. The molecule has 0 saturated carbocycles. The molecule has 0 unspecified atom stereocenters. The van der Waals surface area contributed by atoms with E-state index in [2.05, 4.69) is 53.2 Å². The molecule has 0 spiro atoms. The van der Waals surface area contributed by atoms with Crippen molar-refractivity contribution in [3.05, 3.63) is 29.8 Å². The minimum atomic E-state index is 0. The van der Waals surface area contributed by atoms with E-state index < -0.39 is 0 Å². The van der Waals surface area contributed by atoms with Crippen molar-refractivity contribution in [3.8, 4) is 0 Å². The summed E-state index contributed by atoms with van der Waals surface area (Å²) in [4.78, 5) is 4.86. The van der Waals surface area contributed by atoms with Gasteiger partial charge in [0, 0.05) is 38.4 Å². The maximum Gasteiger partial charge on any atom is 0.0594 e. The Morgan fingerprint density at radius 3 is 2.25 bits per heavy atom. The van der Waals surface area contributed by atoms with Crippen LogP contribution in [0, 0.1) is 0 Å². The predicted octanol–water partition coefficient (Wildman–Crippen LogP) is 3.19. The lowest BCUT2D eigenvalue weighted by Crippen LogP contribution is -2.37. The van der Waals surface area contributed by atoms with Gasteiger partial charge in [0.25, 0.3) is 0 Å². The van der Waals surface area contributed by atoms with Gasteiger partial charge in [0.05, 0.1) is 13.2 Å². The highest BCUT2D eigenvalue weighted by Crippen LogP contribution is 2.14. The van der Waals surface area contributed by atoms with Crippen molar-refractivity contribution in [1.29, 1.82) is 0 Å². The summed E-state index contributed by atoms with van der Waals surface area (Å²) in [6.07, 6.45) is 1.21. The fourth-order valence-electron chi connectivity index (χ4n) is 2.90. The van der Waals surface area contributed by atoms with E-state index in [9.17, 15) is 0 Å². The van der Waals surface area contributed by atoms with Gasteiger partial charge in [0.2, 0.25) is 0 Å². The van der Waals surface area contributed by atoms with E-state index in [1.807, 2.05) is 0 Å². The van der Waals surface area contributed by atoms with E-state index >= 15 is 0 Å². The third-order valence-corrected chi connectivity index (χ3v) is 4.33. The normalized spacial score (nSPS) is 14.6. The molecule has 1 heterocycles. The highest BCUT2D eigenvalue weighted by atomic mass is 35.5. The van der Waals surface area contributed by atoms with Gasteiger partial charge < -0.3 is 15.0 Å². The number of nitrogens with zero attached hydrogens (tertiary/aromatic N) is 2. The second kappa shape index (κ2) is 13.7. The van der Waals surface area contributed by atoms with Crippen molar-refractivity contribution in [2.24, 2.45) is 0 Å². The fourth-order valence-corrected chi connectivity index (χ4v) is 2.90. The van der Waals surface area contributed by atoms with Gasteiger partial charge >= 0.3 is 0 Å². The minimum Gasteiger partial charge on any atom is -0.379 e. The zero-order valence-corrected chi connectivity index (χ0v) is 16.6. The molecule has 1 saturated heterocycles. The number of ether oxygens (including phenoxy) is 1. The first-order valence-electron chi connectivity index (χ1n) is 8.68. The molecule has 0 aliphatic carbocycles. The van der Waals surface area contributed by atoms with E-state index in [1.54, 1.807) is 0 Å². The molecule has 1 aromatic rings. The van der Waals surface area contributed by atoms with Crippen LogP contribution in [0.15, 0.2) is 24.3 Å². The minimum absolute atomic E-state index is 0.